The summed E-state index contributed by atoms with van der Waals surface area (Å²) in [6.07, 6.45) is -5.39. The Balaban J connectivity index is 0.000000722. The van der Waals surface area contributed by atoms with Gasteiger partial charge in [-0.25, -0.2) is 22.4 Å². The second-order valence-corrected chi connectivity index (χ2v) is 7.36. The highest BCUT2D eigenvalue weighted by atomic mass is 35.5. The lowest BCUT2D eigenvalue weighted by molar-refractivity contribution is -0.342. The van der Waals surface area contributed by atoms with Gasteiger partial charge in [0.15, 0.2) is 24.0 Å². The molecule has 2 N–H and O–H groups in total. The van der Waals surface area contributed by atoms with Crippen molar-refractivity contribution in [2.24, 2.45) is 7.05 Å². The number of carbonyl (C=O) groups is 1. The van der Waals surface area contributed by atoms with Crippen LogP contribution >= 0.6 is 11.6 Å². The molecule has 0 saturated heterocycles. The number of hydrogen-bond acceptors (Lipinski definition) is 3. The quantitative estimate of drug-likeness (QED) is 0.298. The summed E-state index contributed by atoms with van der Waals surface area (Å²) in [5.41, 5.74) is -0.717. The first-order valence-corrected chi connectivity index (χ1v) is 9.58. The number of carboxylic acid groups (broad SMARTS) is 1. The van der Waals surface area contributed by atoms with E-state index in [-0.39, 0.29) is 0 Å². The van der Waals surface area contributed by atoms with Crippen molar-refractivity contribution in [2.75, 3.05) is 6.61 Å². The zero-order chi connectivity index (χ0) is 29.1. The van der Waals surface area contributed by atoms with Crippen molar-refractivity contribution in [3.8, 4) is 5.75 Å². The molecule has 0 saturated carbocycles. The number of aryl methyl sites for hydroxylation is 2. The molecule has 0 unspecified atom stereocenters. The first-order valence-electron chi connectivity index (χ1n) is 9.20. The Bertz CT molecular complexity index is 1080. The summed E-state index contributed by atoms with van der Waals surface area (Å²) in [5.74, 6) is -31.9. The average molecular weight is 584 g/mol. The smallest absolute Gasteiger partial charge is 0.404 e. The van der Waals surface area contributed by atoms with Crippen LogP contribution in [-0.4, -0.2) is 51.8 Å². The fourth-order valence-electron chi connectivity index (χ4n) is 2.31. The molecule has 0 aliphatic rings. The van der Waals surface area contributed by atoms with E-state index in [1.165, 1.54) is 5.32 Å². The van der Waals surface area contributed by atoms with Crippen LogP contribution in [0.5, 0.6) is 5.75 Å². The molecule has 0 radical (unpaired) electrons. The van der Waals surface area contributed by atoms with Crippen LogP contribution in [0.15, 0.2) is 6.20 Å². The number of halogens is 13. The van der Waals surface area contributed by atoms with Gasteiger partial charge >= 0.3 is 30.3 Å². The fourth-order valence-corrected chi connectivity index (χ4v) is 2.49. The van der Waals surface area contributed by atoms with E-state index < -0.39 is 78.0 Å². The maximum absolute atomic E-state index is 13.7. The zero-order valence-corrected chi connectivity index (χ0v) is 18.9. The van der Waals surface area contributed by atoms with Gasteiger partial charge in [-0.1, -0.05) is 11.6 Å². The van der Waals surface area contributed by atoms with Crippen molar-refractivity contribution in [1.82, 2.24) is 15.1 Å². The van der Waals surface area contributed by atoms with Crippen LogP contribution in [0.1, 0.15) is 11.3 Å². The van der Waals surface area contributed by atoms with Gasteiger partial charge in [0, 0.05) is 18.8 Å². The van der Waals surface area contributed by atoms with Crippen molar-refractivity contribution >= 4 is 17.7 Å². The second-order valence-electron chi connectivity index (χ2n) is 6.95. The molecule has 1 aromatic heterocycles. The number of nitrogens with one attached hydrogen (secondary N) is 1. The number of alkyl halides is 8. The Morgan fingerprint density at radius 3 is 1.89 bits per heavy atom. The molecule has 1 aromatic carbocycles. The number of hydrogen-bond donors (Lipinski definition) is 2. The van der Waals surface area contributed by atoms with E-state index in [2.05, 4.69) is 9.84 Å². The SMILES string of the molecule is Cc1nn(C)cc1Cl.O=C(O)NCc1c(F)c(F)c(OCC(F)(F)C(F)(F)C(F)(F)C(F)F)c(F)c1F. The summed E-state index contributed by atoms with van der Waals surface area (Å²) in [5, 5.41) is 14.3. The number of ether oxygens (including phenoxy) is 1. The first kappa shape index (κ1) is 32.0. The van der Waals surface area contributed by atoms with Gasteiger partial charge in [-0.3, -0.25) is 4.68 Å². The molecule has 6 nitrogen and oxygen atoms in total. The van der Waals surface area contributed by atoms with Gasteiger partial charge < -0.3 is 15.2 Å². The number of amides is 1. The predicted octanol–water partition coefficient (Wildman–Crippen LogP) is 5.94. The van der Waals surface area contributed by atoms with Crippen molar-refractivity contribution < 1.29 is 67.3 Å². The van der Waals surface area contributed by atoms with Crippen molar-refractivity contribution in [1.29, 1.82) is 0 Å². The largest absolute Gasteiger partial charge is 0.481 e. The minimum atomic E-state index is -6.79. The van der Waals surface area contributed by atoms with Gasteiger partial charge in [0.1, 0.15) is 0 Å². The molecular weight excluding hydrogens is 570 g/mol. The molecular formula is C18H14ClF12N3O3. The zero-order valence-electron chi connectivity index (χ0n) is 18.1. The molecule has 0 aliphatic heterocycles. The standard InChI is InChI=1S/C13H7F12NO3.C5H7ClN2/c14-4-3(1-26-10(27)28)5(15)7(17)8(6(4)16)29-2-11(20,21)13(24,25)12(22,23)9(18)19;1-4-5(6)3-8(2)7-4/h9,26H,1-2H2,(H,27,28);3H,1-2H3. The van der Waals surface area contributed by atoms with Crippen molar-refractivity contribution in [3.63, 3.8) is 0 Å². The topological polar surface area (TPSA) is 76.4 Å². The van der Waals surface area contributed by atoms with E-state index in [0.29, 0.717) is 0 Å². The van der Waals surface area contributed by atoms with Crippen molar-refractivity contribution in [2.45, 2.75) is 37.7 Å². The van der Waals surface area contributed by atoms with Gasteiger partial charge in [0.2, 0.25) is 11.6 Å². The molecule has 0 bridgehead atoms. The van der Waals surface area contributed by atoms with Crippen molar-refractivity contribution in [3.05, 3.63) is 45.7 Å². The molecule has 19 heteroatoms. The van der Waals surface area contributed by atoms with Crippen LogP contribution in [-0.2, 0) is 13.6 Å². The van der Waals surface area contributed by atoms with Crippen LogP contribution in [0.2, 0.25) is 5.02 Å². The number of nitrogens with zero attached hydrogens (tertiary/aromatic N) is 2. The van der Waals surface area contributed by atoms with Crippen LogP contribution in [0.4, 0.5) is 57.5 Å². The number of benzene rings is 1. The van der Waals surface area contributed by atoms with Crippen LogP contribution in [0, 0.1) is 30.2 Å². The Kier molecular flexibility index (Phi) is 9.99. The van der Waals surface area contributed by atoms with E-state index in [1.54, 1.807) is 10.9 Å². The molecule has 37 heavy (non-hydrogen) atoms. The van der Waals surface area contributed by atoms with Gasteiger partial charge in [-0.15, -0.1) is 0 Å². The van der Waals surface area contributed by atoms with Crippen LogP contribution in [0.25, 0.3) is 0 Å². The Labute approximate surface area is 203 Å². The summed E-state index contributed by atoms with van der Waals surface area (Å²) in [6.45, 7) is -2.57. The molecule has 0 atom stereocenters. The number of aromatic nitrogens is 2. The third-order valence-electron chi connectivity index (χ3n) is 4.23. The Morgan fingerprint density at radius 2 is 1.57 bits per heavy atom. The molecule has 0 fully saturated rings. The second kappa shape index (κ2) is 11.6. The summed E-state index contributed by atoms with van der Waals surface area (Å²) >= 11 is 5.65. The van der Waals surface area contributed by atoms with Gasteiger partial charge in [0.25, 0.3) is 0 Å². The maximum Gasteiger partial charge on any atom is 0.404 e. The van der Waals surface area contributed by atoms with Gasteiger partial charge in [-0.05, 0) is 6.92 Å². The monoisotopic (exact) mass is 583 g/mol. The summed E-state index contributed by atoms with van der Waals surface area (Å²) in [6, 6.07) is 0. The molecule has 2 aromatic rings. The summed E-state index contributed by atoms with van der Waals surface area (Å²) < 4.78 is 162. The molecule has 1 amide bonds. The first-order chi connectivity index (χ1) is 16.7. The van der Waals surface area contributed by atoms with E-state index in [9.17, 15) is 57.5 Å². The highest BCUT2D eigenvalue weighted by Crippen LogP contribution is 2.48. The van der Waals surface area contributed by atoms with Crippen LogP contribution in [0.3, 0.4) is 0 Å². The van der Waals surface area contributed by atoms with Crippen LogP contribution < -0.4 is 10.1 Å². The Morgan fingerprint density at radius 1 is 1.08 bits per heavy atom. The fraction of sp³-hybridized carbons (Fsp3) is 0.444. The summed E-state index contributed by atoms with van der Waals surface area (Å²) in [7, 11) is 1.85. The molecule has 0 spiro atoms. The minimum absolute atomic E-state index is 0.729. The summed E-state index contributed by atoms with van der Waals surface area (Å²) in [4.78, 5) is 10.2. The molecule has 0 aliphatic carbocycles. The molecule has 210 valence electrons. The minimum Gasteiger partial charge on any atom is -0.481 e. The Hall–Kier alpha value is -3.05. The highest BCUT2D eigenvalue weighted by Gasteiger charge is 2.75. The van der Waals surface area contributed by atoms with E-state index in [0.717, 1.165) is 10.7 Å². The predicted molar refractivity (Wildman–Crippen MR) is 100 cm³/mol. The normalized spacial score (nSPS) is 12.3. The molecule has 2 rings (SSSR count). The third-order valence-corrected chi connectivity index (χ3v) is 4.60. The lowest BCUT2D eigenvalue weighted by Gasteiger charge is -2.32. The average Bonchev–Trinajstić information content (AvgIpc) is 3.06. The van der Waals surface area contributed by atoms with E-state index in [4.69, 9.17) is 16.7 Å². The van der Waals surface area contributed by atoms with Gasteiger partial charge in [0.05, 0.1) is 17.3 Å². The van der Waals surface area contributed by atoms with E-state index >= 15 is 0 Å². The molecule has 1 heterocycles. The highest BCUT2D eigenvalue weighted by molar-refractivity contribution is 6.31. The maximum atomic E-state index is 13.7. The third kappa shape index (κ3) is 6.84. The van der Waals surface area contributed by atoms with Gasteiger partial charge in [-0.2, -0.15) is 40.2 Å². The number of rotatable bonds is 8. The van der Waals surface area contributed by atoms with E-state index in [1.807, 2.05) is 14.0 Å². The lowest BCUT2D eigenvalue weighted by Crippen LogP contribution is -2.59. The lowest BCUT2D eigenvalue weighted by atomic mass is 10.1.